The van der Waals surface area contributed by atoms with Crippen molar-refractivity contribution in [2.45, 2.75) is 52.1 Å². The standard InChI is InChI=1S/C17H25NOSi/c1-12(2)20(13(3)4,15-9-8-14(5)11-15)16-7-6-10-18-17(16)19/h6-8,10-13H,9H2,1-5H3,(H,18,19). The molecule has 0 amide bonds. The molecule has 20 heavy (non-hydrogen) atoms. The highest BCUT2D eigenvalue weighted by atomic mass is 28.3. The van der Waals surface area contributed by atoms with Crippen LogP contribution in [0.25, 0.3) is 0 Å². The molecule has 1 heterocycles. The Morgan fingerprint density at radius 3 is 2.30 bits per heavy atom. The van der Waals surface area contributed by atoms with Crippen molar-refractivity contribution < 1.29 is 0 Å². The van der Waals surface area contributed by atoms with Gasteiger partial charge >= 0.3 is 0 Å². The van der Waals surface area contributed by atoms with E-state index in [1.54, 1.807) is 6.20 Å². The molecule has 1 aromatic rings. The van der Waals surface area contributed by atoms with Gasteiger partial charge in [0.1, 0.15) is 8.07 Å². The molecular formula is C17H25NOSi. The summed E-state index contributed by atoms with van der Waals surface area (Å²) in [4.78, 5) is 15.3. The molecule has 0 aromatic carbocycles. The van der Waals surface area contributed by atoms with E-state index in [0.29, 0.717) is 11.1 Å². The molecule has 0 spiro atoms. The Balaban J connectivity index is 2.71. The first-order valence-corrected chi connectivity index (χ1v) is 9.62. The summed E-state index contributed by atoms with van der Waals surface area (Å²) < 4.78 is 0. The van der Waals surface area contributed by atoms with Gasteiger partial charge in [0.15, 0.2) is 0 Å². The number of aromatic amines is 1. The summed E-state index contributed by atoms with van der Waals surface area (Å²) in [5.74, 6) is 0. The lowest BCUT2D eigenvalue weighted by Gasteiger charge is -2.40. The first kappa shape index (κ1) is 15.0. The molecule has 0 fully saturated rings. The third-order valence-electron chi connectivity index (χ3n) is 4.66. The van der Waals surface area contributed by atoms with Gasteiger partial charge in [0.2, 0.25) is 5.56 Å². The largest absolute Gasteiger partial charge is 0.329 e. The minimum absolute atomic E-state index is 0.104. The van der Waals surface area contributed by atoms with Gasteiger partial charge in [-0.25, -0.2) is 0 Å². The fourth-order valence-corrected chi connectivity index (χ4v) is 10.0. The summed E-state index contributed by atoms with van der Waals surface area (Å²) in [6.45, 7) is 11.3. The lowest BCUT2D eigenvalue weighted by molar-refractivity contribution is 0.910. The van der Waals surface area contributed by atoms with Crippen LogP contribution in [0.5, 0.6) is 0 Å². The number of rotatable bonds is 4. The van der Waals surface area contributed by atoms with E-state index in [-0.39, 0.29) is 5.56 Å². The van der Waals surface area contributed by atoms with Crippen molar-refractivity contribution >= 4 is 13.3 Å². The SMILES string of the molecule is CC1=CCC([Si](c2ccc[nH]c2=O)(C(C)C)C(C)C)=C1. The monoisotopic (exact) mass is 287 g/mol. The van der Waals surface area contributed by atoms with E-state index in [9.17, 15) is 4.79 Å². The zero-order valence-electron chi connectivity index (χ0n) is 13.2. The van der Waals surface area contributed by atoms with E-state index in [1.165, 1.54) is 10.8 Å². The summed E-state index contributed by atoms with van der Waals surface area (Å²) >= 11 is 0. The van der Waals surface area contributed by atoms with Crippen LogP contribution < -0.4 is 10.7 Å². The maximum atomic E-state index is 12.4. The summed E-state index contributed by atoms with van der Waals surface area (Å²) in [7, 11) is -2.01. The van der Waals surface area contributed by atoms with Crippen LogP contribution in [0.2, 0.25) is 11.1 Å². The predicted molar refractivity (Wildman–Crippen MR) is 89.1 cm³/mol. The van der Waals surface area contributed by atoms with Crippen LogP contribution in [0.15, 0.2) is 46.0 Å². The molecular weight excluding hydrogens is 262 g/mol. The molecule has 0 unspecified atom stereocenters. The van der Waals surface area contributed by atoms with Gasteiger partial charge in [-0.3, -0.25) is 4.79 Å². The zero-order chi connectivity index (χ0) is 14.9. The van der Waals surface area contributed by atoms with E-state index in [4.69, 9.17) is 0 Å². The van der Waals surface area contributed by atoms with E-state index in [2.05, 4.69) is 57.8 Å². The summed E-state index contributed by atoms with van der Waals surface area (Å²) in [6.07, 6.45) is 7.37. The minimum Gasteiger partial charge on any atom is -0.329 e. The molecule has 108 valence electrons. The van der Waals surface area contributed by atoms with Gasteiger partial charge in [-0.2, -0.15) is 0 Å². The van der Waals surface area contributed by atoms with Crippen LogP contribution >= 0.6 is 0 Å². The number of aromatic nitrogens is 1. The van der Waals surface area contributed by atoms with Crippen molar-refractivity contribution in [3.05, 3.63) is 51.6 Å². The number of hydrogen-bond donors (Lipinski definition) is 1. The van der Waals surface area contributed by atoms with E-state index >= 15 is 0 Å². The number of pyridine rings is 1. The number of allylic oxidation sites excluding steroid dienone is 4. The van der Waals surface area contributed by atoms with Gasteiger partial charge in [0.05, 0.1) is 0 Å². The first-order chi connectivity index (χ1) is 9.40. The fraction of sp³-hybridized carbons (Fsp3) is 0.471. The molecule has 1 N–H and O–H groups in total. The van der Waals surface area contributed by atoms with E-state index in [1.807, 2.05) is 6.07 Å². The second-order valence-corrected chi connectivity index (χ2v) is 11.6. The van der Waals surface area contributed by atoms with Crippen molar-refractivity contribution in [3.8, 4) is 0 Å². The highest BCUT2D eigenvalue weighted by Gasteiger charge is 2.46. The molecule has 3 heteroatoms. The smallest absolute Gasteiger partial charge is 0.247 e. The lowest BCUT2D eigenvalue weighted by Crippen LogP contribution is -2.60. The van der Waals surface area contributed by atoms with Gasteiger partial charge in [-0.1, -0.05) is 56.7 Å². The van der Waals surface area contributed by atoms with Gasteiger partial charge in [0.25, 0.3) is 0 Å². The summed E-state index contributed by atoms with van der Waals surface area (Å²) in [5.41, 5.74) is 2.46. The summed E-state index contributed by atoms with van der Waals surface area (Å²) in [5, 5.41) is 2.55. The highest BCUT2D eigenvalue weighted by molar-refractivity contribution is 6.99. The molecule has 2 rings (SSSR count). The van der Waals surface area contributed by atoms with Crippen molar-refractivity contribution in [1.82, 2.24) is 4.98 Å². The molecule has 0 atom stereocenters. The molecule has 0 saturated carbocycles. The van der Waals surface area contributed by atoms with Crippen molar-refractivity contribution in [2.75, 3.05) is 0 Å². The Hall–Kier alpha value is -1.35. The Bertz CT molecular complexity index is 599. The molecule has 0 aliphatic heterocycles. The zero-order valence-corrected chi connectivity index (χ0v) is 14.2. The van der Waals surface area contributed by atoms with Gasteiger partial charge in [-0.05, 0) is 30.5 Å². The molecule has 0 bridgehead atoms. The number of nitrogens with one attached hydrogen (secondary N) is 1. The fourth-order valence-electron chi connectivity index (χ4n) is 3.90. The Labute approximate surface area is 122 Å². The van der Waals surface area contributed by atoms with Gasteiger partial charge in [-0.15, -0.1) is 0 Å². The normalized spacial score (nSPS) is 15.8. The molecule has 1 aliphatic carbocycles. The molecule has 0 radical (unpaired) electrons. The molecule has 2 nitrogen and oxygen atoms in total. The third kappa shape index (κ3) is 2.24. The topological polar surface area (TPSA) is 32.9 Å². The van der Waals surface area contributed by atoms with Crippen molar-refractivity contribution in [1.29, 1.82) is 0 Å². The first-order valence-electron chi connectivity index (χ1n) is 7.46. The molecule has 0 saturated heterocycles. The highest BCUT2D eigenvalue weighted by Crippen LogP contribution is 2.41. The minimum atomic E-state index is -2.01. The predicted octanol–water partition coefficient (Wildman–Crippen LogP) is 3.67. The average Bonchev–Trinajstić information content (AvgIpc) is 2.78. The Kier molecular flexibility index (Phi) is 4.19. The van der Waals surface area contributed by atoms with Crippen molar-refractivity contribution in [2.24, 2.45) is 0 Å². The lowest BCUT2D eigenvalue weighted by atomic mass is 10.3. The van der Waals surface area contributed by atoms with Crippen molar-refractivity contribution in [3.63, 3.8) is 0 Å². The van der Waals surface area contributed by atoms with Crippen LogP contribution in [-0.4, -0.2) is 13.1 Å². The molecule has 1 aromatic heterocycles. The maximum Gasteiger partial charge on any atom is 0.247 e. The van der Waals surface area contributed by atoms with Crippen LogP contribution in [0.3, 0.4) is 0 Å². The van der Waals surface area contributed by atoms with Gasteiger partial charge < -0.3 is 4.98 Å². The second-order valence-electron chi connectivity index (χ2n) is 6.41. The average molecular weight is 287 g/mol. The Morgan fingerprint density at radius 2 is 1.85 bits per heavy atom. The van der Waals surface area contributed by atoms with Crippen LogP contribution in [0.4, 0.5) is 0 Å². The summed E-state index contributed by atoms with van der Waals surface area (Å²) in [6, 6.07) is 4.03. The third-order valence-corrected chi connectivity index (χ3v) is 11.0. The maximum absolute atomic E-state index is 12.4. The van der Waals surface area contributed by atoms with Crippen LogP contribution in [0.1, 0.15) is 41.0 Å². The second kappa shape index (κ2) is 5.56. The number of H-pyrrole nitrogens is 1. The molecule has 1 aliphatic rings. The van der Waals surface area contributed by atoms with Crippen LogP contribution in [-0.2, 0) is 0 Å². The Morgan fingerprint density at radius 1 is 1.20 bits per heavy atom. The van der Waals surface area contributed by atoms with Gasteiger partial charge in [0, 0.05) is 11.4 Å². The van der Waals surface area contributed by atoms with Crippen LogP contribution in [0, 0.1) is 0 Å². The number of hydrogen-bond acceptors (Lipinski definition) is 1. The quantitative estimate of drug-likeness (QED) is 0.842. The van der Waals surface area contributed by atoms with E-state index in [0.717, 1.165) is 11.6 Å². The van der Waals surface area contributed by atoms with E-state index < -0.39 is 8.07 Å².